The predicted molar refractivity (Wildman–Crippen MR) is 117 cm³/mol. The summed E-state index contributed by atoms with van der Waals surface area (Å²) in [7, 11) is 0. The molecule has 4 bridgehead atoms. The van der Waals surface area contributed by atoms with E-state index in [0.717, 1.165) is 37.0 Å². The molecule has 0 saturated heterocycles. The van der Waals surface area contributed by atoms with Crippen LogP contribution in [0.25, 0.3) is 0 Å². The van der Waals surface area contributed by atoms with E-state index in [4.69, 9.17) is 0 Å². The zero-order valence-corrected chi connectivity index (χ0v) is 18.0. The van der Waals surface area contributed by atoms with Gasteiger partial charge in [-0.2, -0.15) is 0 Å². The molecule has 5 rings (SSSR count). The first kappa shape index (κ1) is 20.9. The summed E-state index contributed by atoms with van der Waals surface area (Å²) in [5.74, 6) is 2.12. The summed E-state index contributed by atoms with van der Waals surface area (Å²) < 4.78 is 0. The number of benzene rings is 1. The van der Waals surface area contributed by atoms with Gasteiger partial charge in [-0.1, -0.05) is 13.8 Å². The zero-order valence-electron chi connectivity index (χ0n) is 18.0. The molecule has 6 nitrogen and oxygen atoms in total. The van der Waals surface area contributed by atoms with E-state index < -0.39 is 0 Å². The molecule has 0 aromatic heterocycles. The fourth-order valence-electron chi connectivity index (χ4n) is 6.01. The molecule has 0 radical (unpaired) electrons. The van der Waals surface area contributed by atoms with E-state index in [-0.39, 0.29) is 35.5 Å². The van der Waals surface area contributed by atoms with E-state index in [1.54, 1.807) is 24.3 Å². The number of hydrogen-bond acceptors (Lipinski definition) is 3. The zero-order chi connectivity index (χ0) is 21.3. The molecular formula is C24H33N3O3. The molecule has 4 aliphatic rings. The minimum absolute atomic E-state index is 0.0402. The molecular weight excluding hydrogens is 378 g/mol. The van der Waals surface area contributed by atoms with Crippen molar-refractivity contribution in [1.82, 2.24) is 5.32 Å². The summed E-state index contributed by atoms with van der Waals surface area (Å²) in [6.45, 7) is 4.05. The molecule has 4 aliphatic carbocycles. The van der Waals surface area contributed by atoms with E-state index >= 15 is 0 Å². The van der Waals surface area contributed by atoms with Crippen molar-refractivity contribution in [2.75, 3.05) is 17.2 Å². The predicted octanol–water partition coefficient (Wildman–Crippen LogP) is 3.94. The van der Waals surface area contributed by atoms with Crippen molar-refractivity contribution < 1.29 is 14.4 Å². The molecule has 0 atom stereocenters. The lowest BCUT2D eigenvalue weighted by atomic mass is 9.49. The smallest absolute Gasteiger partial charge is 0.226 e. The van der Waals surface area contributed by atoms with Crippen molar-refractivity contribution in [2.45, 2.75) is 58.8 Å². The highest BCUT2D eigenvalue weighted by atomic mass is 16.2. The van der Waals surface area contributed by atoms with Crippen LogP contribution in [0.5, 0.6) is 0 Å². The maximum atomic E-state index is 12.9. The summed E-state index contributed by atoms with van der Waals surface area (Å²) in [6.07, 6.45) is 7.31. The minimum Gasteiger partial charge on any atom is -0.355 e. The third-order valence-electron chi connectivity index (χ3n) is 7.12. The summed E-state index contributed by atoms with van der Waals surface area (Å²) in [4.78, 5) is 36.9. The highest BCUT2D eigenvalue weighted by molar-refractivity contribution is 5.94. The van der Waals surface area contributed by atoms with Crippen LogP contribution in [-0.2, 0) is 14.4 Å². The van der Waals surface area contributed by atoms with Gasteiger partial charge in [-0.3, -0.25) is 14.4 Å². The monoisotopic (exact) mass is 411 g/mol. The highest BCUT2D eigenvalue weighted by Crippen LogP contribution is 2.60. The molecule has 162 valence electrons. The number of carbonyl (C=O) groups is 3. The van der Waals surface area contributed by atoms with E-state index in [9.17, 15) is 14.4 Å². The number of carbonyl (C=O) groups excluding carboxylic acids is 3. The van der Waals surface area contributed by atoms with Gasteiger partial charge in [-0.05, 0) is 80.5 Å². The Morgan fingerprint density at radius 2 is 1.40 bits per heavy atom. The third kappa shape index (κ3) is 4.52. The Morgan fingerprint density at radius 1 is 0.900 bits per heavy atom. The number of hydrogen-bond donors (Lipinski definition) is 3. The Kier molecular flexibility index (Phi) is 5.85. The Labute approximate surface area is 178 Å². The van der Waals surface area contributed by atoms with Crippen LogP contribution in [-0.4, -0.2) is 24.3 Å². The number of anilines is 2. The van der Waals surface area contributed by atoms with E-state index in [0.29, 0.717) is 17.9 Å². The van der Waals surface area contributed by atoms with Crippen LogP contribution in [0.2, 0.25) is 0 Å². The fraction of sp³-hybridized carbons (Fsp3) is 0.625. The molecule has 0 spiro atoms. The van der Waals surface area contributed by atoms with Gasteiger partial charge in [0.2, 0.25) is 17.7 Å². The van der Waals surface area contributed by atoms with Gasteiger partial charge in [0.25, 0.3) is 0 Å². The Morgan fingerprint density at radius 3 is 1.90 bits per heavy atom. The molecule has 0 heterocycles. The molecule has 6 heteroatoms. The minimum atomic E-state index is -0.165. The van der Waals surface area contributed by atoms with Gasteiger partial charge in [0.1, 0.15) is 0 Å². The fourth-order valence-corrected chi connectivity index (χ4v) is 6.01. The average Bonchev–Trinajstić information content (AvgIpc) is 2.68. The lowest BCUT2D eigenvalue weighted by Gasteiger charge is -2.55. The topological polar surface area (TPSA) is 87.3 Å². The second kappa shape index (κ2) is 8.40. The van der Waals surface area contributed by atoms with Gasteiger partial charge < -0.3 is 16.0 Å². The van der Waals surface area contributed by atoms with Crippen LogP contribution in [0, 0.1) is 29.1 Å². The Bertz CT molecular complexity index is 780. The molecule has 1 aromatic carbocycles. The highest BCUT2D eigenvalue weighted by Gasteiger charge is 2.54. The number of rotatable bonds is 7. The van der Waals surface area contributed by atoms with E-state index in [1.165, 1.54) is 19.3 Å². The van der Waals surface area contributed by atoms with Crippen molar-refractivity contribution in [3.05, 3.63) is 24.3 Å². The normalized spacial score (nSPS) is 29.0. The van der Waals surface area contributed by atoms with E-state index in [1.807, 2.05) is 13.8 Å². The maximum Gasteiger partial charge on any atom is 0.226 e. The van der Waals surface area contributed by atoms with Crippen LogP contribution in [0.3, 0.4) is 0 Å². The van der Waals surface area contributed by atoms with Crippen molar-refractivity contribution in [2.24, 2.45) is 29.1 Å². The summed E-state index contributed by atoms with van der Waals surface area (Å²) >= 11 is 0. The molecule has 4 saturated carbocycles. The van der Waals surface area contributed by atoms with Crippen molar-refractivity contribution in [3.63, 3.8) is 0 Å². The van der Waals surface area contributed by atoms with Crippen LogP contribution < -0.4 is 16.0 Å². The van der Waals surface area contributed by atoms with Crippen LogP contribution in [0.4, 0.5) is 11.4 Å². The Hall–Kier alpha value is -2.37. The van der Waals surface area contributed by atoms with E-state index in [2.05, 4.69) is 16.0 Å². The van der Waals surface area contributed by atoms with Gasteiger partial charge >= 0.3 is 0 Å². The Balaban J connectivity index is 1.22. The molecule has 30 heavy (non-hydrogen) atoms. The second-order valence-electron chi connectivity index (χ2n) is 9.97. The first-order chi connectivity index (χ1) is 14.3. The number of amides is 3. The van der Waals surface area contributed by atoms with Gasteiger partial charge in [0, 0.05) is 35.7 Å². The van der Waals surface area contributed by atoms with Crippen LogP contribution in [0.1, 0.15) is 58.8 Å². The largest absolute Gasteiger partial charge is 0.355 e. The standard InChI is InChI=1S/C24H33N3O3/c1-15(2)22(29)27-20-5-3-19(4-6-20)26-21(28)7-8-25-23(30)24-12-16-9-17(13-24)11-18(10-16)14-24/h3-6,15-18H,7-14H2,1-2H3,(H,25,30)(H,26,28)(H,27,29). The van der Waals surface area contributed by atoms with Crippen molar-refractivity contribution in [1.29, 1.82) is 0 Å². The molecule has 1 aromatic rings. The van der Waals surface area contributed by atoms with Crippen molar-refractivity contribution in [3.8, 4) is 0 Å². The van der Waals surface area contributed by atoms with Gasteiger partial charge in [0.15, 0.2) is 0 Å². The van der Waals surface area contributed by atoms with Crippen molar-refractivity contribution >= 4 is 29.1 Å². The lowest BCUT2D eigenvalue weighted by molar-refractivity contribution is -0.146. The molecule has 0 aliphatic heterocycles. The first-order valence-electron chi connectivity index (χ1n) is 11.3. The average molecular weight is 412 g/mol. The summed E-state index contributed by atoms with van der Waals surface area (Å²) in [5, 5.41) is 8.73. The molecule has 3 amide bonds. The molecule has 3 N–H and O–H groups in total. The number of nitrogens with one attached hydrogen (secondary N) is 3. The lowest BCUT2D eigenvalue weighted by Crippen LogP contribution is -2.53. The first-order valence-corrected chi connectivity index (χ1v) is 11.3. The summed E-state index contributed by atoms with van der Waals surface area (Å²) in [6, 6.07) is 7.07. The van der Waals surface area contributed by atoms with Gasteiger partial charge in [-0.25, -0.2) is 0 Å². The maximum absolute atomic E-state index is 12.9. The summed E-state index contributed by atoms with van der Waals surface area (Å²) in [5.41, 5.74) is 1.21. The quantitative estimate of drug-likeness (QED) is 0.635. The van der Waals surface area contributed by atoms with Gasteiger partial charge in [0.05, 0.1) is 0 Å². The van der Waals surface area contributed by atoms with Gasteiger partial charge in [-0.15, -0.1) is 0 Å². The molecule has 0 unspecified atom stereocenters. The van der Waals surface area contributed by atoms with Crippen LogP contribution >= 0.6 is 0 Å². The molecule has 4 fully saturated rings. The SMILES string of the molecule is CC(C)C(=O)Nc1ccc(NC(=O)CCNC(=O)C23CC4CC(CC(C4)C2)C3)cc1. The van der Waals surface area contributed by atoms with Crippen LogP contribution in [0.15, 0.2) is 24.3 Å². The third-order valence-corrected chi connectivity index (χ3v) is 7.12. The second-order valence-corrected chi connectivity index (χ2v) is 9.97.